The average molecular weight is 346 g/mol. The second-order valence-electron chi connectivity index (χ2n) is 9.20. The van der Waals surface area contributed by atoms with Crippen LogP contribution in [0.1, 0.15) is 61.0 Å². The van der Waals surface area contributed by atoms with Crippen molar-refractivity contribution in [3.63, 3.8) is 0 Å². The van der Waals surface area contributed by atoms with Gasteiger partial charge in [-0.25, -0.2) is 0 Å². The van der Waals surface area contributed by atoms with Crippen LogP contribution < -0.4 is 10.9 Å². The SMILES string of the molecule is Cc1cc(BOC(C)(C)C(C)(C)O)cc(B2OC(C)(C)C(C)(C)O2)c1. The van der Waals surface area contributed by atoms with Gasteiger partial charge < -0.3 is 19.1 Å². The van der Waals surface area contributed by atoms with Crippen LogP contribution in [0.5, 0.6) is 0 Å². The van der Waals surface area contributed by atoms with Gasteiger partial charge in [0.25, 0.3) is 0 Å². The summed E-state index contributed by atoms with van der Waals surface area (Å²) in [5, 5.41) is 10.3. The van der Waals surface area contributed by atoms with Crippen molar-refractivity contribution in [1.82, 2.24) is 0 Å². The van der Waals surface area contributed by atoms with Gasteiger partial charge in [-0.15, -0.1) is 0 Å². The Labute approximate surface area is 153 Å². The predicted octanol–water partition coefficient (Wildman–Crippen LogP) is 1.84. The van der Waals surface area contributed by atoms with Crippen LogP contribution in [0.15, 0.2) is 18.2 Å². The summed E-state index contributed by atoms with van der Waals surface area (Å²) in [6, 6.07) is 6.25. The van der Waals surface area contributed by atoms with Crippen molar-refractivity contribution in [2.45, 2.75) is 84.7 Å². The van der Waals surface area contributed by atoms with Crippen molar-refractivity contribution in [1.29, 1.82) is 0 Å². The molecule has 0 spiro atoms. The van der Waals surface area contributed by atoms with E-state index in [0.29, 0.717) is 7.48 Å². The van der Waals surface area contributed by atoms with Gasteiger partial charge in [0.15, 0.2) is 0 Å². The van der Waals surface area contributed by atoms with E-state index in [9.17, 15) is 5.11 Å². The molecule has 0 aliphatic carbocycles. The lowest BCUT2D eigenvalue weighted by molar-refractivity contribution is -0.0893. The van der Waals surface area contributed by atoms with Gasteiger partial charge in [-0.05, 0) is 67.8 Å². The van der Waals surface area contributed by atoms with Crippen molar-refractivity contribution in [2.24, 2.45) is 0 Å². The van der Waals surface area contributed by atoms with Gasteiger partial charge in [0.1, 0.15) is 0 Å². The van der Waals surface area contributed by atoms with Crippen molar-refractivity contribution < 1.29 is 19.1 Å². The number of aryl methyl sites for hydroxylation is 1. The van der Waals surface area contributed by atoms with Crippen LogP contribution >= 0.6 is 0 Å². The van der Waals surface area contributed by atoms with Gasteiger partial charge in [0.05, 0.1) is 22.4 Å². The van der Waals surface area contributed by atoms with Gasteiger partial charge in [0, 0.05) is 0 Å². The predicted molar refractivity (Wildman–Crippen MR) is 105 cm³/mol. The highest BCUT2D eigenvalue weighted by molar-refractivity contribution is 6.63. The lowest BCUT2D eigenvalue weighted by atomic mass is 9.73. The first-order valence-electron chi connectivity index (χ1n) is 8.97. The molecule has 0 aromatic heterocycles. The lowest BCUT2D eigenvalue weighted by Gasteiger charge is -2.37. The summed E-state index contributed by atoms with van der Waals surface area (Å²) in [6.45, 7) is 17.6. The molecule has 0 radical (unpaired) electrons. The molecule has 0 amide bonds. The van der Waals surface area contributed by atoms with E-state index in [1.165, 1.54) is 0 Å². The molecule has 1 aliphatic rings. The van der Waals surface area contributed by atoms with Crippen LogP contribution in [0, 0.1) is 6.92 Å². The van der Waals surface area contributed by atoms with Gasteiger partial charge >= 0.3 is 14.6 Å². The summed E-state index contributed by atoms with van der Waals surface area (Å²) in [5.41, 5.74) is 0.876. The quantitative estimate of drug-likeness (QED) is 0.827. The molecule has 1 heterocycles. The van der Waals surface area contributed by atoms with Crippen LogP contribution in [0.25, 0.3) is 0 Å². The third-order valence-corrected chi connectivity index (χ3v) is 5.76. The second-order valence-corrected chi connectivity index (χ2v) is 9.20. The highest BCUT2D eigenvalue weighted by Crippen LogP contribution is 2.36. The number of benzene rings is 1. The van der Waals surface area contributed by atoms with Crippen molar-refractivity contribution >= 4 is 25.5 Å². The Morgan fingerprint density at radius 2 is 1.52 bits per heavy atom. The first-order valence-corrected chi connectivity index (χ1v) is 8.97. The Balaban J connectivity index is 2.19. The summed E-state index contributed by atoms with van der Waals surface area (Å²) in [7, 11) is 0.0384. The molecule has 1 saturated heterocycles. The van der Waals surface area contributed by atoms with Crippen molar-refractivity contribution in [3.8, 4) is 0 Å². The molecule has 25 heavy (non-hydrogen) atoms. The zero-order chi connectivity index (χ0) is 19.3. The molecule has 0 saturated carbocycles. The summed E-state index contributed by atoms with van der Waals surface area (Å²) >= 11 is 0. The molecular formula is C19H32B2O4. The van der Waals surface area contributed by atoms with Gasteiger partial charge in [-0.2, -0.15) is 0 Å². The third kappa shape index (κ3) is 4.30. The number of rotatable bonds is 5. The summed E-state index contributed by atoms with van der Waals surface area (Å²) in [5.74, 6) is 0. The van der Waals surface area contributed by atoms with E-state index in [1.54, 1.807) is 13.8 Å². The molecule has 1 fully saturated rings. The third-order valence-electron chi connectivity index (χ3n) is 5.76. The molecule has 1 N–H and O–H groups in total. The zero-order valence-electron chi connectivity index (χ0n) is 17.2. The Hall–Kier alpha value is -0.810. The fourth-order valence-electron chi connectivity index (χ4n) is 2.53. The lowest BCUT2D eigenvalue weighted by Crippen LogP contribution is -2.49. The van der Waals surface area contributed by atoms with E-state index in [-0.39, 0.29) is 18.3 Å². The molecule has 0 atom stereocenters. The second kappa shape index (κ2) is 6.41. The van der Waals surface area contributed by atoms with E-state index >= 15 is 0 Å². The normalized spacial score (nSPS) is 20.0. The molecule has 4 nitrogen and oxygen atoms in total. The minimum atomic E-state index is -0.925. The minimum Gasteiger partial charge on any atom is -0.427 e. The number of hydrogen-bond acceptors (Lipinski definition) is 4. The fraction of sp³-hybridized carbons (Fsp3) is 0.684. The number of aliphatic hydroxyl groups is 1. The van der Waals surface area contributed by atoms with Crippen LogP contribution in [0.3, 0.4) is 0 Å². The highest BCUT2D eigenvalue weighted by atomic mass is 16.7. The molecule has 0 bridgehead atoms. The summed E-state index contributed by atoms with van der Waals surface area (Å²) < 4.78 is 18.3. The Bertz CT molecular complexity index is 617. The number of hydrogen-bond donors (Lipinski definition) is 1. The summed E-state index contributed by atoms with van der Waals surface area (Å²) in [6.07, 6.45) is 0. The van der Waals surface area contributed by atoms with Crippen molar-refractivity contribution in [2.75, 3.05) is 0 Å². The first kappa shape index (κ1) is 20.5. The standard InChI is InChI=1S/C19H32B2O4/c1-13-10-14(20-23-17(4,5)16(2,3)22)12-15(11-13)21-24-18(6,7)19(8,9)25-21/h10-12,20,22H,1-9H3. The molecule has 138 valence electrons. The van der Waals surface area contributed by atoms with Crippen LogP contribution in [0.2, 0.25) is 0 Å². The Morgan fingerprint density at radius 3 is 2.00 bits per heavy atom. The smallest absolute Gasteiger partial charge is 0.427 e. The molecule has 1 aromatic rings. The Kier molecular flexibility index (Phi) is 5.26. The maximum atomic E-state index is 10.3. The molecule has 2 rings (SSSR count). The minimum absolute atomic E-state index is 0.360. The van der Waals surface area contributed by atoms with Gasteiger partial charge in [-0.3, -0.25) is 0 Å². The molecule has 1 aliphatic heterocycles. The van der Waals surface area contributed by atoms with Crippen LogP contribution in [-0.4, -0.2) is 42.1 Å². The Morgan fingerprint density at radius 1 is 1.00 bits per heavy atom. The fourth-order valence-corrected chi connectivity index (χ4v) is 2.53. The maximum absolute atomic E-state index is 10.3. The molecule has 1 aromatic carbocycles. The van der Waals surface area contributed by atoms with E-state index in [1.807, 2.05) is 13.8 Å². The summed E-state index contributed by atoms with van der Waals surface area (Å²) in [4.78, 5) is 0. The average Bonchev–Trinajstić information content (AvgIpc) is 2.63. The largest absolute Gasteiger partial charge is 0.494 e. The van der Waals surface area contributed by atoms with E-state index in [0.717, 1.165) is 16.5 Å². The van der Waals surface area contributed by atoms with E-state index < -0.39 is 11.2 Å². The zero-order valence-corrected chi connectivity index (χ0v) is 17.2. The van der Waals surface area contributed by atoms with E-state index in [4.69, 9.17) is 14.0 Å². The highest BCUT2D eigenvalue weighted by Gasteiger charge is 2.51. The first-order chi connectivity index (χ1) is 11.1. The van der Waals surface area contributed by atoms with Gasteiger partial charge in [-0.1, -0.05) is 29.2 Å². The molecular weight excluding hydrogens is 314 g/mol. The molecule has 0 unspecified atom stereocenters. The van der Waals surface area contributed by atoms with Crippen molar-refractivity contribution in [3.05, 3.63) is 23.8 Å². The maximum Gasteiger partial charge on any atom is 0.494 e. The van der Waals surface area contributed by atoms with Crippen LogP contribution in [0.4, 0.5) is 0 Å². The monoisotopic (exact) mass is 346 g/mol. The van der Waals surface area contributed by atoms with Crippen LogP contribution in [-0.2, 0) is 14.0 Å². The van der Waals surface area contributed by atoms with E-state index in [2.05, 4.69) is 52.8 Å². The molecule has 6 heteroatoms. The topological polar surface area (TPSA) is 47.9 Å². The van der Waals surface area contributed by atoms with Gasteiger partial charge in [0.2, 0.25) is 0 Å².